The molecule has 0 aliphatic carbocycles. The Labute approximate surface area is 94.7 Å². The third-order valence-electron chi connectivity index (χ3n) is 2.08. The molecule has 2 rings (SSSR count). The molecular formula is C10H9BrO2S. The number of thiophene rings is 1. The molecule has 0 saturated carbocycles. The smallest absolute Gasteiger partial charge is 0.162 e. The number of ketones is 1. The molecule has 0 radical (unpaired) electrons. The predicted molar refractivity (Wildman–Crippen MR) is 59.3 cm³/mol. The van der Waals surface area contributed by atoms with Crippen LogP contribution in [-0.2, 0) is 9.53 Å². The first-order valence-corrected chi connectivity index (χ1v) is 5.88. The van der Waals surface area contributed by atoms with Crippen LogP contribution in [-0.4, -0.2) is 5.78 Å². The Bertz CT molecular complexity index is 375. The van der Waals surface area contributed by atoms with Crippen LogP contribution in [0.25, 0.3) is 0 Å². The molecule has 1 aliphatic rings. The first kappa shape index (κ1) is 9.93. The lowest BCUT2D eigenvalue weighted by molar-refractivity contribution is -0.118. The van der Waals surface area contributed by atoms with Crippen LogP contribution in [0.1, 0.15) is 22.3 Å². The molecule has 0 saturated heterocycles. The molecule has 0 aromatic carbocycles. The molecule has 1 unspecified atom stereocenters. The van der Waals surface area contributed by atoms with E-state index in [1.807, 2.05) is 13.0 Å². The van der Waals surface area contributed by atoms with Crippen LogP contribution in [0.15, 0.2) is 22.9 Å². The van der Waals surface area contributed by atoms with E-state index in [1.54, 1.807) is 11.3 Å². The highest BCUT2D eigenvalue weighted by Crippen LogP contribution is 2.35. The molecule has 1 aromatic heterocycles. The summed E-state index contributed by atoms with van der Waals surface area (Å²) in [6.07, 6.45) is 3.32. The van der Waals surface area contributed by atoms with Gasteiger partial charge in [-0.15, -0.1) is 11.3 Å². The summed E-state index contributed by atoms with van der Waals surface area (Å²) in [6.45, 7) is 2.04. The summed E-state index contributed by atoms with van der Waals surface area (Å²) in [6, 6.07) is 2.02. The zero-order valence-corrected chi connectivity index (χ0v) is 10.0. The maximum Gasteiger partial charge on any atom is 0.162 e. The lowest BCUT2D eigenvalue weighted by Gasteiger charge is -2.16. The third-order valence-corrected chi connectivity index (χ3v) is 4.31. The van der Waals surface area contributed by atoms with Gasteiger partial charge in [0.1, 0.15) is 6.10 Å². The van der Waals surface area contributed by atoms with Crippen molar-refractivity contribution in [2.24, 2.45) is 0 Å². The molecular weight excluding hydrogens is 264 g/mol. The predicted octanol–water partition coefficient (Wildman–Crippen LogP) is 3.36. The van der Waals surface area contributed by atoms with Crippen LogP contribution < -0.4 is 0 Å². The number of halogens is 1. The minimum atomic E-state index is -0.0949. The molecule has 4 heteroatoms. The molecule has 1 atom stereocenters. The monoisotopic (exact) mass is 272 g/mol. The summed E-state index contributed by atoms with van der Waals surface area (Å²) >= 11 is 5.11. The summed E-state index contributed by atoms with van der Waals surface area (Å²) in [5.41, 5.74) is 0. The van der Waals surface area contributed by atoms with Crippen LogP contribution >= 0.6 is 27.3 Å². The minimum absolute atomic E-state index is 0.0949. The van der Waals surface area contributed by atoms with Gasteiger partial charge >= 0.3 is 0 Å². The molecule has 74 valence electrons. The Morgan fingerprint density at radius 3 is 3.00 bits per heavy atom. The van der Waals surface area contributed by atoms with E-state index in [4.69, 9.17) is 4.74 Å². The topological polar surface area (TPSA) is 26.3 Å². The van der Waals surface area contributed by atoms with E-state index in [9.17, 15) is 4.79 Å². The van der Waals surface area contributed by atoms with E-state index in [0.717, 1.165) is 9.35 Å². The van der Waals surface area contributed by atoms with Gasteiger partial charge in [-0.05, 0) is 28.9 Å². The highest BCUT2D eigenvalue weighted by molar-refractivity contribution is 9.10. The maximum absolute atomic E-state index is 11.2. The van der Waals surface area contributed by atoms with E-state index in [0.29, 0.717) is 6.42 Å². The van der Waals surface area contributed by atoms with Gasteiger partial charge in [0.25, 0.3) is 0 Å². The number of aryl methyl sites for hydroxylation is 1. The highest BCUT2D eigenvalue weighted by atomic mass is 79.9. The molecule has 14 heavy (non-hydrogen) atoms. The largest absolute Gasteiger partial charge is 0.492 e. The molecule has 2 nitrogen and oxygen atoms in total. The number of hydrogen-bond acceptors (Lipinski definition) is 3. The number of allylic oxidation sites excluding steroid dienone is 1. The normalized spacial score (nSPS) is 21.0. The molecule has 2 heterocycles. The Morgan fingerprint density at radius 2 is 2.43 bits per heavy atom. The molecule has 0 fully saturated rings. The van der Waals surface area contributed by atoms with Crippen LogP contribution in [0, 0.1) is 6.92 Å². The van der Waals surface area contributed by atoms with Crippen molar-refractivity contribution >= 4 is 33.0 Å². The summed E-state index contributed by atoms with van der Waals surface area (Å²) in [5, 5.41) is 0. The van der Waals surface area contributed by atoms with Crippen molar-refractivity contribution in [3.8, 4) is 0 Å². The van der Waals surface area contributed by atoms with Crippen molar-refractivity contribution in [1.82, 2.24) is 0 Å². The first-order valence-electron chi connectivity index (χ1n) is 4.27. The molecule has 1 aliphatic heterocycles. The van der Waals surface area contributed by atoms with Crippen molar-refractivity contribution in [3.05, 3.63) is 32.6 Å². The Hall–Kier alpha value is -0.610. The molecule has 0 amide bonds. The fourth-order valence-electron chi connectivity index (χ4n) is 1.32. The van der Waals surface area contributed by atoms with Crippen molar-refractivity contribution in [2.45, 2.75) is 19.4 Å². The van der Waals surface area contributed by atoms with E-state index < -0.39 is 0 Å². The van der Waals surface area contributed by atoms with Crippen LogP contribution in [0.3, 0.4) is 0 Å². The average Bonchev–Trinajstić information content (AvgIpc) is 2.47. The standard InChI is InChI=1S/C10H9BrO2S/c1-6-8(11)5-10(14-6)9-4-7(12)2-3-13-9/h2-3,5,9H,4H2,1H3. The Balaban J connectivity index is 2.23. The van der Waals surface area contributed by atoms with Crippen molar-refractivity contribution < 1.29 is 9.53 Å². The second-order valence-electron chi connectivity index (χ2n) is 3.15. The van der Waals surface area contributed by atoms with E-state index in [-0.39, 0.29) is 11.9 Å². The fourth-order valence-corrected chi connectivity index (χ4v) is 2.91. The quantitative estimate of drug-likeness (QED) is 0.784. The van der Waals surface area contributed by atoms with Crippen molar-refractivity contribution in [2.75, 3.05) is 0 Å². The summed E-state index contributed by atoms with van der Waals surface area (Å²) < 4.78 is 6.48. The van der Waals surface area contributed by atoms with Crippen LogP contribution in [0.2, 0.25) is 0 Å². The van der Waals surface area contributed by atoms with Gasteiger partial charge in [-0.25, -0.2) is 0 Å². The summed E-state index contributed by atoms with van der Waals surface area (Å²) in [7, 11) is 0. The SMILES string of the molecule is Cc1sc(C2CC(=O)C=CO2)cc1Br. The number of hydrogen-bond donors (Lipinski definition) is 0. The molecule has 0 N–H and O–H groups in total. The van der Waals surface area contributed by atoms with Crippen molar-refractivity contribution in [1.29, 1.82) is 0 Å². The van der Waals surface area contributed by atoms with Gasteiger partial charge in [0.2, 0.25) is 0 Å². The Morgan fingerprint density at radius 1 is 1.64 bits per heavy atom. The number of ether oxygens (including phenoxy) is 1. The highest BCUT2D eigenvalue weighted by Gasteiger charge is 2.21. The average molecular weight is 273 g/mol. The second-order valence-corrected chi connectivity index (χ2v) is 5.29. The van der Waals surface area contributed by atoms with E-state index in [2.05, 4.69) is 15.9 Å². The first-order chi connectivity index (χ1) is 6.66. The van der Waals surface area contributed by atoms with Gasteiger partial charge in [-0.1, -0.05) is 0 Å². The van der Waals surface area contributed by atoms with E-state index in [1.165, 1.54) is 17.2 Å². The molecule has 0 bridgehead atoms. The lowest BCUT2D eigenvalue weighted by atomic mass is 10.1. The van der Waals surface area contributed by atoms with Gasteiger partial charge in [0.15, 0.2) is 5.78 Å². The number of rotatable bonds is 1. The van der Waals surface area contributed by atoms with Gasteiger partial charge in [-0.2, -0.15) is 0 Å². The van der Waals surface area contributed by atoms with Crippen LogP contribution in [0.5, 0.6) is 0 Å². The lowest BCUT2D eigenvalue weighted by Crippen LogP contribution is -2.09. The third kappa shape index (κ3) is 1.91. The number of carbonyl (C=O) groups excluding carboxylic acids is 1. The van der Waals surface area contributed by atoms with Crippen LogP contribution in [0.4, 0.5) is 0 Å². The van der Waals surface area contributed by atoms with E-state index >= 15 is 0 Å². The Kier molecular flexibility index (Phi) is 2.74. The number of carbonyl (C=O) groups is 1. The fraction of sp³-hybridized carbons (Fsp3) is 0.300. The minimum Gasteiger partial charge on any atom is -0.492 e. The van der Waals surface area contributed by atoms with Gasteiger partial charge < -0.3 is 4.74 Å². The molecule has 0 spiro atoms. The van der Waals surface area contributed by atoms with Gasteiger partial charge in [0, 0.05) is 20.3 Å². The summed E-state index contributed by atoms with van der Waals surface area (Å²) in [4.78, 5) is 13.5. The zero-order valence-electron chi connectivity index (χ0n) is 7.62. The van der Waals surface area contributed by atoms with Gasteiger partial charge in [-0.3, -0.25) is 4.79 Å². The zero-order chi connectivity index (χ0) is 10.1. The summed E-state index contributed by atoms with van der Waals surface area (Å²) in [5.74, 6) is 0.128. The van der Waals surface area contributed by atoms with Gasteiger partial charge in [0.05, 0.1) is 12.7 Å². The van der Waals surface area contributed by atoms with Crippen molar-refractivity contribution in [3.63, 3.8) is 0 Å². The molecule has 1 aromatic rings. The maximum atomic E-state index is 11.2. The second kappa shape index (κ2) is 3.87.